The molecule has 1 fully saturated rings. The normalized spacial score (nSPS) is 17.5. The Morgan fingerprint density at radius 2 is 2.09 bits per heavy atom. The minimum Gasteiger partial charge on any atom is -0.356 e. The van der Waals surface area contributed by atoms with Crippen molar-refractivity contribution in [1.29, 1.82) is 0 Å². The predicted octanol–water partition coefficient (Wildman–Crippen LogP) is 3.05. The molecule has 1 saturated heterocycles. The van der Waals surface area contributed by atoms with Gasteiger partial charge in [-0.1, -0.05) is 30.7 Å². The van der Waals surface area contributed by atoms with Crippen molar-refractivity contribution in [2.24, 2.45) is 4.99 Å². The van der Waals surface area contributed by atoms with Gasteiger partial charge in [0.05, 0.1) is 6.04 Å². The number of benzene rings is 1. The summed E-state index contributed by atoms with van der Waals surface area (Å²) in [7, 11) is 1.81. The van der Waals surface area contributed by atoms with Crippen molar-refractivity contribution in [3.05, 3.63) is 34.9 Å². The zero-order chi connectivity index (χ0) is 15.8. The van der Waals surface area contributed by atoms with E-state index in [9.17, 15) is 0 Å². The molecule has 1 unspecified atom stereocenters. The SMILES string of the molecule is CCCNC(=NC)NCC(c1cccc(Cl)c1)N1CCCC1. The lowest BCUT2D eigenvalue weighted by Gasteiger charge is -2.29. The summed E-state index contributed by atoms with van der Waals surface area (Å²) in [5.74, 6) is 0.869. The van der Waals surface area contributed by atoms with Gasteiger partial charge in [-0.2, -0.15) is 0 Å². The van der Waals surface area contributed by atoms with E-state index in [1.807, 2.05) is 19.2 Å². The second-order valence-corrected chi connectivity index (χ2v) is 6.13. The summed E-state index contributed by atoms with van der Waals surface area (Å²) in [5, 5.41) is 7.58. The zero-order valence-corrected chi connectivity index (χ0v) is 14.4. The van der Waals surface area contributed by atoms with Crippen molar-refractivity contribution < 1.29 is 0 Å². The summed E-state index contributed by atoms with van der Waals surface area (Å²) < 4.78 is 0. The van der Waals surface area contributed by atoms with Crippen LogP contribution < -0.4 is 10.6 Å². The second-order valence-electron chi connectivity index (χ2n) is 5.69. The van der Waals surface area contributed by atoms with Gasteiger partial charge in [-0.15, -0.1) is 0 Å². The van der Waals surface area contributed by atoms with Gasteiger partial charge in [-0.3, -0.25) is 9.89 Å². The molecule has 0 saturated carbocycles. The van der Waals surface area contributed by atoms with Crippen LogP contribution in [0, 0.1) is 0 Å². The van der Waals surface area contributed by atoms with E-state index in [0.717, 1.165) is 43.6 Å². The first-order valence-electron chi connectivity index (χ1n) is 8.18. The molecule has 0 radical (unpaired) electrons. The van der Waals surface area contributed by atoms with Crippen molar-refractivity contribution >= 4 is 17.6 Å². The van der Waals surface area contributed by atoms with Gasteiger partial charge < -0.3 is 10.6 Å². The highest BCUT2D eigenvalue weighted by Crippen LogP contribution is 2.26. The van der Waals surface area contributed by atoms with E-state index in [-0.39, 0.29) is 0 Å². The molecule has 1 aromatic rings. The first-order chi connectivity index (χ1) is 10.7. The Hall–Kier alpha value is -1.26. The summed E-state index contributed by atoms with van der Waals surface area (Å²) in [6.45, 7) is 6.23. The molecule has 0 aromatic heterocycles. The van der Waals surface area contributed by atoms with Crippen molar-refractivity contribution in [2.75, 3.05) is 33.2 Å². The fraction of sp³-hybridized carbons (Fsp3) is 0.588. The van der Waals surface area contributed by atoms with Gasteiger partial charge >= 0.3 is 0 Å². The molecular weight excluding hydrogens is 296 g/mol. The molecular formula is C17H27ClN4. The van der Waals surface area contributed by atoms with E-state index in [0.29, 0.717) is 6.04 Å². The fourth-order valence-corrected chi connectivity index (χ4v) is 3.08. The standard InChI is InChI=1S/C17H27ClN4/c1-3-9-20-17(19-2)21-13-16(22-10-4-5-11-22)14-7-6-8-15(18)12-14/h6-8,12,16H,3-5,9-11,13H2,1-2H3,(H2,19,20,21). The van der Waals surface area contributed by atoms with Gasteiger partial charge in [0.2, 0.25) is 0 Å². The van der Waals surface area contributed by atoms with E-state index in [1.165, 1.54) is 18.4 Å². The molecule has 2 rings (SSSR count). The van der Waals surface area contributed by atoms with E-state index in [4.69, 9.17) is 11.6 Å². The molecule has 1 atom stereocenters. The van der Waals surface area contributed by atoms with Gasteiger partial charge in [0.15, 0.2) is 5.96 Å². The molecule has 1 heterocycles. The van der Waals surface area contributed by atoms with Crippen molar-refractivity contribution in [2.45, 2.75) is 32.2 Å². The largest absolute Gasteiger partial charge is 0.356 e. The number of guanidine groups is 1. The van der Waals surface area contributed by atoms with Crippen molar-refractivity contribution in [3.8, 4) is 0 Å². The molecule has 1 aromatic carbocycles. The Labute approximate surface area is 138 Å². The first kappa shape index (κ1) is 17.1. The van der Waals surface area contributed by atoms with Crippen LogP contribution in [0.25, 0.3) is 0 Å². The molecule has 0 bridgehead atoms. The summed E-state index contributed by atoms with van der Waals surface area (Å²) in [4.78, 5) is 6.82. The molecule has 0 spiro atoms. The minimum atomic E-state index is 0.335. The fourth-order valence-electron chi connectivity index (χ4n) is 2.88. The molecule has 0 aliphatic carbocycles. The quantitative estimate of drug-likeness (QED) is 0.624. The predicted molar refractivity (Wildman–Crippen MR) is 94.7 cm³/mol. The van der Waals surface area contributed by atoms with E-state index < -0.39 is 0 Å². The van der Waals surface area contributed by atoms with Crippen LogP contribution in [0.1, 0.15) is 37.8 Å². The number of aliphatic imine (C=N–C) groups is 1. The maximum Gasteiger partial charge on any atom is 0.191 e. The highest BCUT2D eigenvalue weighted by atomic mass is 35.5. The Kier molecular flexibility index (Phi) is 7.00. The zero-order valence-electron chi connectivity index (χ0n) is 13.6. The average Bonchev–Trinajstić information content (AvgIpc) is 3.05. The van der Waals surface area contributed by atoms with Crippen LogP contribution in [-0.4, -0.2) is 44.1 Å². The molecule has 5 heteroatoms. The molecule has 4 nitrogen and oxygen atoms in total. The van der Waals surface area contributed by atoms with Crippen LogP contribution in [0.5, 0.6) is 0 Å². The van der Waals surface area contributed by atoms with Gasteiger partial charge in [0.1, 0.15) is 0 Å². The number of hydrogen-bond donors (Lipinski definition) is 2. The lowest BCUT2D eigenvalue weighted by Crippen LogP contribution is -2.42. The van der Waals surface area contributed by atoms with Gasteiger partial charge in [-0.05, 0) is 50.0 Å². The topological polar surface area (TPSA) is 39.7 Å². The summed E-state index contributed by atoms with van der Waals surface area (Å²) >= 11 is 6.18. The average molecular weight is 323 g/mol. The van der Waals surface area contributed by atoms with Crippen LogP contribution in [0.3, 0.4) is 0 Å². The molecule has 22 heavy (non-hydrogen) atoms. The summed E-state index contributed by atoms with van der Waals surface area (Å²) in [6, 6.07) is 8.54. The smallest absolute Gasteiger partial charge is 0.191 e. The molecule has 122 valence electrons. The number of nitrogens with one attached hydrogen (secondary N) is 2. The summed E-state index contributed by atoms with van der Waals surface area (Å²) in [6.07, 6.45) is 3.64. The Balaban J connectivity index is 2.05. The van der Waals surface area contributed by atoms with E-state index in [1.54, 1.807) is 0 Å². The third-order valence-corrected chi connectivity index (χ3v) is 4.28. The Morgan fingerprint density at radius 3 is 2.73 bits per heavy atom. The van der Waals surface area contributed by atoms with Crippen molar-refractivity contribution in [1.82, 2.24) is 15.5 Å². The third kappa shape index (κ3) is 4.89. The second kappa shape index (κ2) is 9.01. The van der Waals surface area contributed by atoms with Crippen LogP contribution in [0.4, 0.5) is 0 Å². The maximum absolute atomic E-state index is 6.18. The molecule has 1 aliphatic rings. The van der Waals surface area contributed by atoms with Gasteiger partial charge in [0.25, 0.3) is 0 Å². The van der Waals surface area contributed by atoms with Crippen LogP contribution in [0.15, 0.2) is 29.3 Å². The van der Waals surface area contributed by atoms with Crippen LogP contribution in [-0.2, 0) is 0 Å². The highest BCUT2D eigenvalue weighted by molar-refractivity contribution is 6.30. The van der Waals surface area contributed by atoms with Gasteiger partial charge in [-0.25, -0.2) is 0 Å². The van der Waals surface area contributed by atoms with Gasteiger partial charge in [0, 0.05) is 25.2 Å². The molecule has 1 aliphatic heterocycles. The monoisotopic (exact) mass is 322 g/mol. The first-order valence-corrected chi connectivity index (χ1v) is 8.56. The number of rotatable bonds is 6. The van der Waals surface area contributed by atoms with E-state index in [2.05, 4.69) is 39.6 Å². The number of likely N-dealkylation sites (tertiary alicyclic amines) is 1. The lowest BCUT2D eigenvalue weighted by atomic mass is 10.1. The minimum absolute atomic E-state index is 0.335. The number of nitrogens with zero attached hydrogens (tertiary/aromatic N) is 2. The molecule has 2 N–H and O–H groups in total. The Bertz CT molecular complexity index is 483. The lowest BCUT2D eigenvalue weighted by molar-refractivity contribution is 0.245. The van der Waals surface area contributed by atoms with Crippen molar-refractivity contribution in [3.63, 3.8) is 0 Å². The molecule has 0 amide bonds. The maximum atomic E-state index is 6.18. The van der Waals surface area contributed by atoms with Crippen LogP contribution in [0.2, 0.25) is 5.02 Å². The highest BCUT2D eigenvalue weighted by Gasteiger charge is 2.23. The van der Waals surface area contributed by atoms with E-state index >= 15 is 0 Å². The third-order valence-electron chi connectivity index (χ3n) is 4.04. The number of hydrogen-bond acceptors (Lipinski definition) is 2. The Morgan fingerprint density at radius 1 is 1.32 bits per heavy atom. The van der Waals surface area contributed by atoms with Crippen LogP contribution >= 0.6 is 11.6 Å². The number of halogens is 1. The summed E-state index contributed by atoms with van der Waals surface area (Å²) in [5.41, 5.74) is 1.27.